The number of fused-ring (bicyclic) bond motifs is 1. The number of ether oxygens (including phenoxy) is 2. The summed E-state index contributed by atoms with van der Waals surface area (Å²) in [5.41, 5.74) is 3.02. The van der Waals surface area contributed by atoms with E-state index in [1.54, 1.807) is 0 Å². The molecule has 0 saturated heterocycles. The normalized spacial score (nSPS) is 17.6. The highest BCUT2D eigenvalue weighted by Crippen LogP contribution is 2.39. The Labute approximate surface area is 160 Å². The first kappa shape index (κ1) is 18.5. The average Bonchev–Trinajstić information content (AvgIpc) is 2.55. The van der Waals surface area contributed by atoms with Gasteiger partial charge in [-0.15, -0.1) is 0 Å². The Balaban J connectivity index is 1.75. The van der Waals surface area contributed by atoms with E-state index in [1.807, 2.05) is 37.3 Å². The SMILES string of the molecule is CCOc1cccc(NC(=S)N[C@@H]2CC(C)(C)Oc3ccc(C)cc32)c1. The minimum absolute atomic E-state index is 0.101. The largest absolute Gasteiger partial charge is 0.494 e. The van der Waals surface area contributed by atoms with Crippen molar-refractivity contribution < 1.29 is 9.47 Å². The summed E-state index contributed by atoms with van der Waals surface area (Å²) in [5.74, 6) is 1.75. The molecule has 0 unspecified atom stereocenters. The summed E-state index contributed by atoms with van der Waals surface area (Å²) >= 11 is 5.56. The highest BCUT2D eigenvalue weighted by Gasteiger charge is 2.34. The van der Waals surface area contributed by atoms with E-state index in [-0.39, 0.29) is 11.6 Å². The zero-order valence-corrected chi connectivity index (χ0v) is 16.6. The number of benzene rings is 2. The first-order valence-electron chi connectivity index (χ1n) is 8.96. The van der Waals surface area contributed by atoms with Crippen LogP contribution < -0.4 is 20.1 Å². The highest BCUT2D eigenvalue weighted by atomic mass is 32.1. The molecule has 1 aliphatic heterocycles. The number of rotatable bonds is 4. The lowest BCUT2D eigenvalue weighted by molar-refractivity contribution is 0.0696. The molecule has 3 rings (SSSR count). The van der Waals surface area contributed by atoms with E-state index < -0.39 is 0 Å². The zero-order valence-electron chi connectivity index (χ0n) is 15.8. The summed E-state index contributed by atoms with van der Waals surface area (Å²) in [5, 5.41) is 7.31. The monoisotopic (exact) mass is 370 g/mol. The Kier molecular flexibility index (Phi) is 5.37. The molecule has 2 N–H and O–H groups in total. The first-order valence-corrected chi connectivity index (χ1v) is 9.37. The number of anilines is 1. The van der Waals surface area contributed by atoms with Gasteiger partial charge >= 0.3 is 0 Å². The van der Waals surface area contributed by atoms with Crippen LogP contribution in [0.3, 0.4) is 0 Å². The van der Waals surface area contributed by atoms with E-state index in [0.29, 0.717) is 11.7 Å². The standard InChI is InChI=1S/C21H26N2O2S/c1-5-24-16-8-6-7-15(12-16)22-20(26)23-18-13-21(3,4)25-19-10-9-14(2)11-17(18)19/h6-12,18H,5,13H2,1-4H3,(H2,22,23,26)/t18-/m1/s1. The van der Waals surface area contributed by atoms with Crippen molar-refractivity contribution in [2.75, 3.05) is 11.9 Å². The maximum absolute atomic E-state index is 6.13. The van der Waals surface area contributed by atoms with Crippen molar-refractivity contribution in [3.8, 4) is 11.5 Å². The topological polar surface area (TPSA) is 42.5 Å². The fourth-order valence-electron chi connectivity index (χ4n) is 3.26. The van der Waals surface area contributed by atoms with Crippen LogP contribution in [0.15, 0.2) is 42.5 Å². The summed E-state index contributed by atoms with van der Waals surface area (Å²) in [7, 11) is 0. The van der Waals surface area contributed by atoms with E-state index in [2.05, 4.69) is 43.5 Å². The van der Waals surface area contributed by atoms with Crippen LogP contribution in [-0.2, 0) is 0 Å². The molecule has 5 heteroatoms. The van der Waals surface area contributed by atoms with Crippen LogP contribution in [0, 0.1) is 6.92 Å². The second-order valence-electron chi connectivity index (χ2n) is 7.22. The van der Waals surface area contributed by atoms with Gasteiger partial charge in [0, 0.05) is 23.7 Å². The van der Waals surface area contributed by atoms with Gasteiger partial charge in [-0.05, 0) is 58.1 Å². The van der Waals surface area contributed by atoms with Crippen LogP contribution in [0.1, 0.15) is 44.4 Å². The Hall–Kier alpha value is -2.27. The molecule has 138 valence electrons. The Bertz CT molecular complexity index is 804. The molecule has 0 aliphatic carbocycles. The van der Waals surface area contributed by atoms with Gasteiger partial charge in [-0.1, -0.05) is 23.8 Å². The average molecular weight is 371 g/mol. The number of hydrogen-bond donors (Lipinski definition) is 2. The van der Waals surface area contributed by atoms with E-state index in [4.69, 9.17) is 21.7 Å². The predicted octanol–water partition coefficient (Wildman–Crippen LogP) is 4.98. The van der Waals surface area contributed by atoms with Gasteiger partial charge in [0.15, 0.2) is 5.11 Å². The van der Waals surface area contributed by atoms with Gasteiger partial charge in [0.05, 0.1) is 12.6 Å². The van der Waals surface area contributed by atoms with Crippen molar-refractivity contribution in [1.29, 1.82) is 0 Å². The van der Waals surface area contributed by atoms with Crippen molar-refractivity contribution in [1.82, 2.24) is 5.32 Å². The number of aryl methyl sites for hydroxylation is 1. The van der Waals surface area contributed by atoms with Gasteiger partial charge in [-0.3, -0.25) is 0 Å². The number of hydrogen-bond acceptors (Lipinski definition) is 3. The number of nitrogens with one attached hydrogen (secondary N) is 2. The molecule has 0 spiro atoms. The second kappa shape index (κ2) is 7.54. The van der Waals surface area contributed by atoms with Crippen molar-refractivity contribution in [3.63, 3.8) is 0 Å². The molecule has 4 nitrogen and oxygen atoms in total. The molecule has 0 fully saturated rings. The van der Waals surface area contributed by atoms with E-state index in [9.17, 15) is 0 Å². The van der Waals surface area contributed by atoms with Crippen LogP contribution in [0.2, 0.25) is 0 Å². The molecule has 26 heavy (non-hydrogen) atoms. The molecule has 1 aliphatic rings. The van der Waals surface area contributed by atoms with E-state index >= 15 is 0 Å². The summed E-state index contributed by atoms with van der Waals surface area (Å²) in [4.78, 5) is 0. The molecule has 0 saturated carbocycles. The van der Waals surface area contributed by atoms with E-state index in [1.165, 1.54) is 5.56 Å². The lowest BCUT2D eigenvalue weighted by Gasteiger charge is -2.38. The maximum atomic E-state index is 6.13. The molecular weight excluding hydrogens is 344 g/mol. The quantitative estimate of drug-likeness (QED) is 0.743. The van der Waals surface area contributed by atoms with E-state index in [0.717, 1.165) is 29.2 Å². The maximum Gasteiger partial charge on any atom is 0.171 e. The second-order valence-corrected chi connectivity index (χ2v) is 7.63. The lowest BCUT2D eigenvalue weighted by atomic mass is 9.89. The van der Waals surface area contributed by atoms with Crippen molar-refractivity contribution in [2.24, 2.45) is 0 Å². The highest BCUT2D eigenvalue weighted by molar-refractivity contribution is 7.80. The fourth-order valence-corrected chi connectivity index (χ4v) is 3.52. The minimum atomic E-state index is -0.246. The van der Waals surface area contributed by atoms with Gasteiger partial charge in [0.1, 0.15) is 17.1 Å². The molecule has 0 radical (unpaired) electrons. The molecule has 1 atom stereocenters. The van der Waals surface area contributed by atoms with Gasteiger partial charge in [-0.2, -0.15) is 0 Å². The Morgan fingerprint density at radius 1 is 1.27 bits per heavy atom. The summed E-state index contributed by atoms with van der Waals surface area (Å²) in [6.07, 6.45) is 0.838. The van der Waals surface area contributed by atoms with Crippen molar-refractivity contribution >= 4 is 23.0 Å². The molecule has 2 aromatic carbocycles. The number of thiocarbonyl (C=S) groups is 1. The molecular formula is C21H26N2O2S. The summed E-state index contributed by atoms with van der Waals surface area (Å²) in [6, 6.07) is 14.2. The van der Waals surface area contributed by atoms with Crippen LogP contribution in [0.5, 0.6) is 11.5 Å². The molecule has 2 aromatic rings. The van der Waals surface area contributed by atoms with Gasteiger partial charge in [0.2, 0.25) is 0 Å². The third-order valence-electron chi connectivity index (χ3n) is 4.33. The summed E-state index contributed by atoms with van der Waals surface area (Å²) < 4.78 is 11.7. The molecule has 0 aromatic heterocycles. The van der Waals surface area contributed by atoms with Gasteiger partial charge in [-0.25, -0.2) is 0 Å². The predicted molar refractivity (Wildman–Crippen MR) is 110 cm³/mol. The lowest BCUT2D eigenvalue weighted by Crippen LogP contribution is -2.42. The van der Waals surface area contributed by atoms with Crippen molar-refractivity contribution in [3.05, 3.63) is 53.6 Å². The summed E-state index contributed by atoms with van der Waals surface area (Å²) in [6.45, 7) is 8.91. The minimum Gasteiger partial charge on any atom is -0.494 e. The molecule has 0 amide bonds. The van der Waals surface area contributed by atoms with Crippen LogP contribution in [0.25, 0.3) is 0 Å². The molecule has 1 heterocycles. The fraction of sp³-hybridized carbons (Fsp3) is 0.381. The Morgan fingerprint density at radius 2 is 2.08 bits per heavy atom. The van der Waals surface area contributed by atoms with Crippen LogP contribution >= 0.6 is 12.2 Å². The van der Waals surface area contributed by atoms with Gasteiger partial charge in [0.25, 0.3) is 0 Å². The smallest absolute Gasteiger partial charge is 0.171 e. The third-order valence-corrected chi connectivity index (χ3v) is 4.55. The Morgan fingerprint density at radius 3 is 2.85 bits per heavy atom. The zero-order chi connectivity index (χ0) is 18.7. The third kappa shape index (κ3) is 4.47. The van der Waals surface area contributed by atoms with Gasteiger partial charge < -0.3 is 20.1 Å². The van der Waals surface area contributed by atoms with Crippen molar-refractivity contribution in [2.45, 2.75) is 45.8 Å². The first-order chi connectivity index (χ1) is 12.4. The molecule has 0 bridgehead atoms. The van der Waals surface area contributed by atoms with Crippen LogP contribution in [-0.4, -0.2) is 17.3 Å². The van der Waals surface area contributed by atoms with Crippen LogP contribution in [0.4, 0.5) is 5.69 Å².